The number of halogens is 1. The molecule has 0 spiro atoms. The highest BCUT2D eigenvalue weighted by atomic mass is 35.5. The van der Waals surface area contributed by atoms with Crippen LogP contribution in [0.15, 0.2) is 24.3 Å². The number of rotatable bonds is 4. The van der Waals surface area contributed by atoms with Crippen LogP contribution in [-0.2, 0) is 0 Å². The third kappa shape index (κ3) is 3.08. The molecule has 2 N–H and O–H groups in total. The maximum Gasteiger partial charge on any atom is 0.337 e. The Kier molecular flexibility index (Phi) is 4.34. The number of benzene rings is 1. The third-order valence-corrected chi connectivity index (χ3v) is 2.19. The van der Waals surface area contributed by atoms with Gasteiger partial charge in [-0.05, 0) is 18.7 Å². The number of hydrogen-bond acceptors (Lipinski definition) is 2. The van der Waals surface area contributed by atoms with Crippen LogP contribution in [0.5, 0.6) is 0 Å². The van der Waals surface area contributed by atoms with Crippen molar-refractivity contribution < 1.29 is 9.90 Å². The van der Waals surface area contributed by atoms with Crippen molar-refractivity contribution in [3.63, 3.8) is 0 Å². The minimum Gasteiger partial charge on any atom is -0.478 e. The normalized spacial score (nSPS) is 10.8. The summed E-state index contributed by atoms with van der Waals surface area (Å²) in [6.45, 7) is 0.686. The summed E-state index contributed by atoms with van der Waals surface area (Å²) in [4.78, 5) is 10.9. The zero-order valence-corrected chi connectivity index (χ0v) is 9.08. The molecule has 0 aliphatic carbocycles. The fourth-order valence-corrected chi connectivity index (χ4v) is 1.47. The van der Waals surface area contributed by atoms with E-state index in [-0.39, 0.29) is 10.6 Å². The van der Waals surface area contributed by atoms with Gasteiger partial charge in [-0.15, -0.1) is 0 Å². The number of carbonyl (C=O) groups is 1. The SMILES string of the molecule is CNCC=Cc1cccc(Cl)c1C(=O)O. The average Bonchev–Trinajstić information content (AvgIpc) is 2.17. The Morgan fingerprint density at radius 1 is 1.60 bits per heavy atom. The second kappa shape index (κ2) is 5.53. The van der Waals surface area contributed by atoms with Crippen LogP contribution in [0.2, 0.25) is 5.02 Å². The van der Waals surface area contributed by atoms with E-state index in [4.69, 9.17) is 16.7 Å². The zero-order chi connectivity index (χ0) is 11.3. The second-order valence-corrected chi connectivity index (χ2v) is 3.38. The monoisotopic (exact) mass is 225 g/mol. The highest BCUT2D eigenvalue weighted by Crippen LogP contribution is 2.21. The van der Waals surface area contributed by atoms with Crippen LogP contribution in [-0.4, -0.2) is 24.7 Å². The second-order valence-electron chi connectivity index (χ2n) is 2.97. The van der Waals surface area contributed by atoms with Gasteiger partial charge in [0, 0.05) is 6.54 Å². The van der Waals surface area contributed by atoms with Crippen LogP contribution < -0.4 is 5.32 Å². The molecule has 1 rings (SSSR count). The van der Waals surface area contributed by atoms with Gasteiger partial charge < -0.3 is 10.4 Å². The molecule has 4 heteroatoms. The van der Waals surface area contributed by atoms with Gasteiger partial charge in [0.2, 0.25) is 0 Å². The summed E-state index contributed by atoms with van der Waals surface area (Å²) in [5, 5.41) is 12.2. The molecule has 0 saturated carbocycles. The van der Waals surface area contributed by atoms with Crippen LogP contribution in [0.25, 0.3) is 6.08 Å². The van der Waals surface area contributed by atoms with Crippen LogP contribution in [0, 0.1) is 0 Å². The van der Waals surface area contributed by atoms with Crippen molar-refractivity contribution in [2.45, 2.75) is 0 Å². The van der Waals surface area contributed by atoms with Crippen molar-refractivity contribution in [2.24, 2.45) is 0 Å². The quantitative estimate of drug-likeness (QED) is 0.827. The molecule has 3 nitrogen and oxygen atoms in total. The van der Waals surface area contributed by atoms with Gasteiger partial charge in [0.05, 0.1) is 10.6 Å². The Bertz CT molecular complexity index is 388. The fraction of sp³-hybridized carbons (Fsp3) is 0.182. The Balaban J connectivity index is 3.06. The number of aromatic carboxylic acids is 1. The molecule has 0 saturated heterocycles. The first-order chi connectivity index (χ1) is 7.16. The summed E-state index contributed by atoms with van der Waals surface area (Å²) in [7, 11) is 1.82. The molecule has 0 bridgehead atoms. The van der Waals surface area contributed by atoms with E-state index in [1.807, 2.05) is 13.1 Å². The summed E-state index contributed by atoms with van der Waals surface area (Å²) >= 11 is 5.81. The summed E-state index contributed by atoms with van der Waals surface area (Å²) in [5.41, 5.74) is 0.761. The van der Waals surface area contributed by atoms with Gasteiger partial charge in [0.1, 0.15) is 0 Å². The molecule has 80 valence electrons. The lowest BCUT2D eigenvalue weighted by molar-refractivity contribution is 0.0697. The van der Waals surface area contributed by atoms with Crippen molar-refractivity contribution >= 4 is 23.6 Å². The van der Waals surface area contributed by atoms with Gasteiger partial charge in [0.25, 0.3) is 0 Å². The van der Waals surface area contributed by atoms with Gasteiger partial charge in [-0.25, -0.2) is 4.79 Å². The molecule has 0 fully saturated rings. The Morgan fingerprint density at radius 3 is 2.93 bits per heavy atom. The topological polar surface area (TPSA) is 49.3 Å². The minimum atomic E-state index is -1.01. The summed E-state index contributed by atoms with van der Waals surface area (Å²) in [6, 6.07) is 5.02. The van der Waals surface area contributed by atoms with Crippen LogP contribution in [0.1, 0.15) is 15.9 Å². The van der Waals surface area contributed by atoms with E-state index in [2.05, 4.69) is 5.32 Å². The lowest BCUT2D eigenvalue weighted by Crippen LogP contribution is -2.04. The molecule has 0 aliphatic rings. The van der Waals surface area contributed by atoms with E-state index in [9.17, 15) is 4.79 Å². The van der Waals surface area contributed by atoms with Crippen LogP contribution in [0.3, 0.4) is 0 Å². The Hall–Kier alpha value is -1.32. The third-order valence-electron chi connectivity index (χ3n) is 1.88. The van der Waals surface area contributed by atoms with Crippen molar-refractivity contribution in [3.8, 4) is 0 Å². The summed E-state index contributed by atoms with van der Waals surface area (Å²) < 4.78 is 0. The number of likely N-dealkylation sites (N-methyl/N-ethyl adjacent to an activating group) is 1. The molecule has 0 aliphatic heterocycles. The van der Waals surface area contributed by atoms with Gasteiger partial charge in [-0.2, -0.15) is 0 Å². The van der Waals surface area contributed by atoms with Crippen LogP contribution in [0.4, 0.5) is 0 Å². The maximum atomic E-state index is 10.9. The number of hydrogen-bond donors (Lipinski definition) is 2. The largest absolute Gasteiger partial charge is 0.478 e. The van der Waals surface area contributed by atoms with E-state index >= 15 is 0 Å². The number of carboxylic acid groups (broad SMARTS) is 1. The van der Waals surface area contributed by atoms with E-state index < -0.39 is 5.97 Å². The van der Waals surface area contributed by atoms with Gasteiger partial charge in [-0.3, -0.25) is 0 Å². The van der Waals surface area contributed by atoms with Crippen LogP contribution >= 0.6 is 11.6 Å². The molecule has 15 heavy (non-hydrogen) atoms. The molecular formula is C11H12ClNO2. The molecule has 0 radical (unpaired) electrons. The highest BCUT2D eigenvalue weighted by Gasteiger charge is 2.11. The lowest BCUT2D eigenvalue weighted by Gasteiger charge is -2.02. The highest BCUT2D eigenvalue weighted by molar-refractivity contribution is 6.33. The van der Waals surface area contributed by atoms with Gasteiger partial charge in [-0.1, -0.05) is 35.9 Å². The molecular weight excluding hydrogens is 214 g/mol. The van der Waals surface area contributed by atoms with E-state index in [0.29, 0.717) is 12.1 Å². The summed E-state index contributed by atoms with van der Waals surface area (Å²) in [5.74, 6) is -1.01. The molecule has 0 heterocycles. The minimum absolute atomic E-state index is 0.145. The zero-order valence-electron chi connectivity index (χ0n) is 8.33. The van der Waals surface area contributed by atoms with Gasteiger partial charge >= 0.3 is 5.97 Å². The van der Waals surface area contributed by atoms with E-state index in [1.165, 1.54) is 0 Å². The fourth-order valence-electron chi connectivity index (χ4n) is 1.21. The first kappa shape index (κ1) is 11.8. The van der Waals surface area contributed by atoms with Crippen molar-refractivity contribution in [1.29, 1.82) is 0 Å². The molecule has 0 unspecified atom stereocenters. The molecule has 0 atom stereocenters. The molecule has 0 aromatic heterocycles. The van der Waals surface area contributed by atoms with Crippen molar-refractivity contribution in [3.05, 3.63) is 40.4 Å². The number of carboxylic acids is 1. The Morgan fingerprint density at radius 2 is 2.33 bits per heavy atom. The lowest BCUT2D eigenvalue weighted by atomic mass is 10.1. The summed E-state index contributed by atoms with van der Waals surface area (Å²) in [6.07, 6.45) is 3.59. The van der Waals surface area contributed by atoms with Crippen molar-refractivity contribution in [1.82, 2.24) is 5.32 Å². The molecule has 0 amide bonds. The standard InChI is InChI=1S/C11H12ClNO2/c1-13-7-3-5-8-4-2-6-9(12)10(8)11(14)15/h2-6,13H,7H2,1H3,(H,14,15). The first-order valence-electron chi connectivity index (χ1n) is 4.49. The predicted molar refractivity (Wildman–Crippen MR) is 61.4 cm³/mol. The molecule has 1 aromatic carbocycles. The van der Waals surface area contributed by atoms with E-state index in [0.717, 1.165) is 0 Å². The first-order valence-corrected chi connectivity index (χ1v) is 4.87. The van der Waals surface area contributed by atoms with Crippen molar-refractivity contribution in [2.75, 3.05) is 13.6 Å². The average molecular weight is 226 g/mol. The predicted octanol–water partition coefficient (Wildman–Crippen LogP) is 2.27. The maximum absolute atomic E-state index is 10.9. The number of nitrogens with one attached hydrogen (secondary N) is 1. The van der Waals surface area contributed by atoms with E-state index in [1.54, 1.807) is 24.3 Å². The Labute approximate surface area is 93.4 Å². The van der Waals surface area contributed by atoms with Gasteiger partial charge in [0.15, 0.2) is 0 Å². The smallest absolute Gasteiger partial charge is 0.337 e. The molecule has 1 aromatic rings.